The predicted molar refractivity (Wildman–Crippen MR) is 324 cm³/mol. The maximum Gasteiger partial charge on any atom is 0.407 e. The highest BCUT2D eigenvalue weighted by atomic mass is 16.6. The molecule has 2 rings (SSSR count). The third kappa shape index (κ3) is 37.0. The van der Waals surface area contributed by atoms with E-state index in [4.69, 9.17) is 56.8 Å². The van der Waals surface area contributed by atoms with Crippen LogP contribution in [-0.2, 0) is 38.0 Å². The Kier molecular flexibility index (Phi) is 29.9. The summed E-state index contributed by atoms with van der Waals surface area (Å²) in [4.78, 5) is 102. The Labute approximate surface area is 511 Å². The molecule has 0 aliphatic carbocycles. The molecule has 0 saturated carbocycles. The number of ketones is 2. The zero-order valence-corrected chi connectivity index (χ0v) is 54.0. The smallest absolute Gasteiger partial charge is 0.407 e. The van der Waals surface area contributed by atoms with E-state index < -0.39 is 88.2 Å². The van der Waals surface area contributed by atoms with E-state index >= 15 is 0 Å². The lowest BCUT2D eigenvalue weighted by Crippen LogP contribution is -2.35. The average Bonchev–Trinajstić information content (AvgIpc) is 1.34. The van der Waals surface area contributed by atoms with E-state index in [1.165, 1.54) is 48.6 Å². The number of rotatable bonds is 30. The molecule has 0 heterocycles. The number of ether oxygens (including phenoxy) is 12. The highest BCUT2D eigenvalue weighted by Gasteiger charge is 2.24. The summed E-state index contributed by atoms with van der Waals surface area (Å²) in [6, 6.07) is 6.14. The van der Waals surface area contributed by atoms with Gasteiger partial charge in [0.2, 0.25) is 11.5 Å². The van der Waals surface area contributed by atoms with Crippen LogP contribution in [0.2, 0.25) is 0 Å². The molecule has 0 atom stereocenters. The summed E-state index contributed by atoms with van der Waals surface area (Å²) in [7, 11) is 0. The van der Waals surface area contributed by atoms with E-state index in [0.717, 1.165) is 0 Å². The Balaban J connectivity index is 2.57. The van der Waals surface area contributed by atoms with E-state index in [9.17, 15) is 38.4 Å². The van der Waals surface area contributed by atoms with Gasteiger partial charge in [0.15, 0.2) is 34.6 Å². The van der Waals surface area contributed by atoms with E-state index in [1.54, 1.807) is 125 Å². The van der Waals surface area contributed by atoms with Gasteiger partial charge in [-0.1, -0.05) is 12.2 Å². The molecule has 0 unspecified atom stereocenters. The van der Waals surface area contributed by atoms with Crippen molar-refractivity contribution < 1.29 is 95.2 Å². The van der Waals surface area contributed by atoms with Crippen LogP contribution in [0.4, 0.5) is 28.8 Å². The van der Waals surface area contributed by atoms with Gasteiger partial charge in [-0.15, -0.1) is 0 Å². The molecule has 0 radical (unpaired) electrons. The van der Waals surface area contributed by atoms with Gasteiger partial charge in [0.05, 0.1) is 45.7 Å². The standard InChI is InChI=1S/C61H94N6O20/c1-56(2,3)82-50(70)62-23-29-76-44-35-40(36-45(77-30-24-63-51(71)83-57(4,5)6)48(44)80-33-27-66-54(74)86-60(13,14)15)19-21-42(68)39-43(69)22-20-41-37-46(78-31-25-64-52(72)84-58(7,8)9)49(81-34-28-67-55(75)87-61(16,17)18)47(38-41)79-32-26-65-53(73)85-59(10,11)12/h19-22,35-38H,23-34,39H2,1-18H3,(H,62,70)(H,63,71)(H,64,72)(H,65,73)(H,66,74)(H,67,75)/b21-19+,22-20+. The number of carbonyl (C=O) groups is 8. The first-order chi connectivity index (χ1) is 40.1. The summed E-state index contributed by atoms with van der Waals surface area (Å²) >= 11 is 0. The van der Waals surface area contributed by atoms with Gasteiger partial charge >= 0.3 is 36.6 Å². The van der Waals surface area contributed by atoms with Crippen LogP contribution < -0.4 is 60.3 Å². The molecule has 0 aliphatic rings. The largest absolute Gasteiger partial charge is 0.488 e. The zero-order valence-electron chi connectivity index (χ0n) is 54.0. The normalized spacial score (nSPS) is 12.0. The number of benzene rings is 2. The van der Waals surface area contributed by atoms with Gasteiger partial charge in [-0.05, 0) is 172 Å². The molecule has 0 spiro atoms. The summed E-state index contributed by atoms with van der Waals surface area (Å²) in [5.41, 5.74) is -3.83. The second kappa shape index (κ2) is 34.7. The van der Waals surface area contributed by atoms with Crippen molar-refractivity contribution in [2.75, 3.05) is 78.9 Å². The molecule has 26 nitrogen and oxygen atoms in total. The van der Waals surface area contributed by atoms with Gasteiger partial charge in [0.25, 0.3) is 0 Å². The van der Waals surface area contributed by atoms with E-state index in [-0.39, 0.29) is 113 Å². The molecule has 6 amide bonds. The lowest BCUT2D eigenvalue weighted by molar-refractivity contribution is -0.121. The minimum Gasteiger partial charge on any atom is -0.488 e. The van der Waals surface area contributed by atoms with Gasteiger partial charge in [0.1, 0.15) is 73.2 Å². The molecular weight excluding hydrogens is 1140 g/mol. The van der Waals surface area contributed by atoms with Gasteiger partial charge in [-0.2, -0.15) is 0 Å². The Morgan fingerprint density at radius 1 is 0.310 bits per heavy atom. The van der Waals surface area contributed by atoms with Crippen molar-refractivity contribution in [2.24, 2.45) is 0 Å². The van der Waals surface area contributed by atoms with Gasteiger partial charge in [-0.3, -0.25) is 9.59 Å². The van der Waals surface area contributed by atoms with Crippen molar-refractivity contribution in [2.45, 2.75) is 165 Å². The first kappa shape index (κ1) is 74.8. The molecule has 2 aromatic rings. The van der Waals surface area contributed by atoms with Gasteiger partial charge in [0, 0.05) is 0 Å². The van der Waals surface area contributed by atoms with Crippen LogP contribution in [0, 0.1) is 0 Å². The molecule has 6 N–H and O–H groups in total. The molecule has 26 heteroatoms. The molecule has 488 valence electrons. The van der Waals surface area contributed by atoms with E-state index in [0.29, 0.717) is 11.1 Å². The van der Waals surface area contributed by atoms with Crippen LogP contribution in [0.3, 0.4) is 0 Å². The maximum absolute atomic E-state index is 13.5. The number of allylic oxidation sites excluding steroid dienone is 2. The highest BCUT2D eigenvalue weighted by Crippen LogP contribution is 2.41. The Morgan fingerprint density at radius 3 is 0.678 bits per heavy atom. The summed E-state index contributed by atoms with van der Waals surface area (Å²) in [6.45, 7) is 30.4. The second-order valence-electron chi connectivity index (χ2n) is 25.1. The van der Waals surface area contributed by atoms with Crippen molar-refractivity contribution in [3.63, 3.8) is 0 Å². The minimum atomic E-state index is -0.756. The number of hydrogen-bond donors (Lipinski definition) is 6. The van der Waals surface area contributed by atoms with Crippen LogP contribution in [-0.4, -0.2) is 161 Å². The lowest BCUT2D eigenvalue weighted by atomic mass is 10.1. The minimum absolute atomic E-state index is 0.00272. The Morgan fingerprint density at radius 2 is 0.494 bits per heavy atom. The van der Waals surface area contributed by atoms with Gasteiger partial charge < -0.3 is 88.7 Å². The van der Waals surface area contributed by atoms with E-state index in [1.807, 2.05) is 0 Å². The van der Waals surface area contributed by atoms with Crippen LogP contribution in [0.1, 0.15) is 142 Å². The maximum atomic E-state index is 13.5. The van der Waals surface area contributed by atoms with Crippen molar-refractivity contribution in [3.05, 3.63) is 47.5 Å². The third-order valence-electron chi connectivity index (χ3n) is 9.50. The highest BCUT2D eigenvalue weighted by molar-refractivity contribution is 6.11. The molecule has 0 aliphatic heterocycles. The lowest BCUT2D eigenvalue weighted by Gasteiger charge is -2.21. The molecule has 0 saturated heterocycles. The number of amides is 6. The molecule has 0 fully saturated rings. The van der Waals surface area contributed by atoms with Crippen molar-refractivity contribution in [1.82, 2.24) is 31.9 Å². The fraction of sp³-hybridized carbons (Fsp3) is 0.607. The fourth-order valence-corrected chi connectivity index (χ4v) is 6.52. The van der Waals surface area contributed by atoms with Crippen LogP contribution in [0.15, 0.2) is 36.4 Å². The molecular formula is C61H94N6O20. The fourth-order valence-electron chi connectivity index (χ4n) is 6.52. The second-order valence-corrected chi connectivity index (χ2v) is 25.1. The van der Waals surface area contributed by atoms with Crippen LogP contribution in [0.25, 0.3) is 12.2 Å². The van der Waals surface area contributed by atoms with E-state index in [2.05, 4.69) is 31.9 Å². The molecule has 87 heavy (non-hydrogen) atoms. The zero-order chi connectivity index (χ0) is 65.8. The average molecular weight is 1230 g/mol. The van der Waals surface area contributed by atoms with Crippen molar-refractivity contribution in [1.29, 1.82) is 0 Å². The summed E-state index contributed by atoms with van der Waals surface area (Å²) in [5, 5.41) is 15.7. The topological polar surface area (TPSA) is 319 Å². The van der Waals surface area contributed by atoms with Crippen LogP contribution >= 0.6 is 0 Å². The molecule has 0 aromatic heterocycles. The van der Waals surface area contributed by atoms with Crippen molar-refractivity contribution in [3.8, 4) is 34.5 Å². The van der Waals surface area contributed by atoms with Crippen LogP contribution in [0.5, 0.6) is 34.5 Å². The Bertz CT molecular complexity index is 2370. The molecule has 2 aromatic carbocycles. The summed E-state index contributed by atoms with van der Waals surface area (Å²) < 4.78 is 68.7. The predicted octanol–water partition coefficient (Wildman–Crippen LogP) is 9.36. The Hall–Kier alpha value is -8.32. The quantitative estimate of drug-likeness (QED) is 0.0183. The SMILES string of the molecule is CC(C)(C)OC(=O)NCCOc1cc(/C=C/C(=O)CC(=O)/C=C/c2cc(OCCNC(=O)OC(C)(C)C)c(OCCNC(=O)OC(C)(C)C)c(OCCNC(=O)OC(C)(C)C)c2)cc(OCCNC(=O)OC(C)(C)C)c1OCCNC(=O)OC(C)(C)C. The van der Waals surface area contributed by atoms with Crippen molar-refractivity contribution >= 4 is 60.3 Å². The van der Waals surface area contributed by atoms with Gasteiger partial charge in [-0.25, -0.2) is 28.8 Å². The summed E-state index contributed by atoms with van der Waals surface area (Å²) in [6.07, 6.45) is 0.587. The number of alkyl carbamates (subject to hydrolysis) is 6. The number of carbonyl (C=O) groups excluding carboxylic acids is 8. The molecule has 0 bridgehead atoms. The monoisotopic (exact) mass is 1230 g/mol. The first-order valence-corrected chi connectivity index (χ1v) is 28.5. The first-order valence-electron chi connectivity index (χ1n) is 28.5. The number of nitrogens with one attached hydrogen (secondary N) is 6. The summed E-state index contributed by atoms with van der Waals surface area (Å²) in [5.74, 6) is -0.655. The third-order valence-corrected chi connectivity index (χ3v) is 9.50. The number of hydrogen-bond acceptors (Lipinski definition) is 20.